The highest BCUT2D eigenvalue weighted by atomic mass is 16.5. The zero-order valence-corrected chi connectivity index (χ0v) is 24.0. The number of carbonyl (C=O) groups is 2. The van der Waals surface area contributed by atoms with Crippen LogP contribution in [0.4, 0.5) is 5.82 Å². The third-order valence-electron chi connectivity index (χ3n) is 7.47. The van der Waals surface area contributed by atoms with Crippen LogP contribution in [0.25, 0.3) is 0 Å². The number of nitrogens with zero attached hydrogens (tertiary/aromatic N) is 2. The molecule has 0 aliphatic rings. The Morgan fingerprint density at radius 2 is 1.83 bits per heavy atom. The van der Waals surface area contributed by atoms with Crippen molar-refractivity contribution in [3.63, 3.8) is 0 Å². The fourth-order valence-corrected chi connectivity index (χ4v) is 5.23. The van der Waals surface area contributed by atoms with E-state index in [4.69, 9.17) is 10.5 Å². The van der Waals surface area contributed by atoms with E-state index in [0.29, 0.717) is 29.8 Å². The van der Waals surface area contributed by atoms with Gasteiger partial charge in [0.05, 0.1) is 7.11 Å². The molecule has 2 aromatic heterocycles. The molecule has 0 saturated heterocycles. The molecule has 0 aliphatic heterocycles. The monoisotopic (exact) mass is 564 g/mol. The first-order chi connectivity index (χ1) is 19.8. The first kappa shape index (κ1) is 31.8. The van der Waals surface area contributed by atoms with Gasteiger partial charge in [-0.2, -0.15) is 11.9 Å². The number of unbranched alkanes of at least 4 members (excludes halogenated alkanes) is 4. The predicted octanol–water partition coefficient (Wildman–Crippen LogP) is 4.11. The Labute approximate surface area is 241 Å². The number of benzene rings is 1. The molecule has 0 radical (unpaired) electrons. The Morgan fingerprint density at radius 3 is 2.49 bits per heavy atom. The van der Waals surface area contributed by atoms with E-state index in [1.54, 1.807) is 36.7 Å². The van der Waals surface area contributed by atoms with Crippen LogP contribution in [-0.4, -0.2) is 51.7 Å². The van der Waals surface area contributed by atoms with E-state index in [9.17, 15) is 24.9 Å². The Bertz CT molecular complexity index is 1260. The number of ketones is 2. The van der Waals surface area contributed by atoms with Crippen molar-refractivity contribution in [3.8, 4) is 11.5 Å². The van der Waals surface area contributed by atoms with Crippen molar-refractivity contribution in [2.24, 2.45) is 5.92 Å². The number of hydrogen-bond acceptors (Lipinski definition) is 8. The van der Waals surface area contributed by atoms with Gasteiger partial charge in [0.25, 0.3) is 0 Å². The van der Waals surface area contributed by atoms with Crippen LogP contribution < -0.4 is 15.5 Å². The number of carbonyl (C=O) groups excluding carboxylic acids is 2. The highest BCUT2D eigenvalue weighted by Crippen LogP contribution is 2.43. The SMILES string of the molecule is CCCCCCCC(=O)[C@H](O)C(=O)CCc1cc(OC)c(O)c([C@@H](c2ccnc(N)c2)[C@H](CO)Cc2ccc[n-]2)c1. The average Bonchev–Trinajstić information content (AvgIpc) is 3.49. The van der Waals surface area contributed by atoms with E-state index in [1.807, 2.05) is 12.1 Å². The summed E-state index contributed by atoms with van der Waals surface area (Å²) in [5.41, 5.74) is 8.71. The number of hydrogen-bond donors (Lipinski definition) is 4. The second kappa shape index (κ2) is 15.9. The summed E-state index contributed by atoms with van der Waals surface area (Å²) < 4.78 is 5.47. The third-order valence-corrected chi connectivity index (χ3v) is 7.47. The number of aromatic hydroxyl groups is 1. The van der Waals surface area contributed by atoms with Crippen molar-refractivity contribution < 1.29 is 29.6 Å². The number of phenols is 1. The number of rotatable bonds is 18. The maximum Gasteiger partial charge on any atom is 0.170 e. The van der Waals surface area contributed by atoms with Crippen molar-refractivity contribution in [1.82, 2.24) is 9.97 Å². The van der Waals surface area contributed by atoms with E-state index in [-0.39, 0.29) is 43.3 Å². The first-order valence-corrected chi connectivity index (χ1v) is 14.3. The highest BCUT2D eigenvalue weighted by Gasteiger charge is 2.29. The van der Waals surface area contributed by atoms with Crippen LogP contribution in [0.1, 0.15) is 80.2 Å². The molecule has 9 nitrogen and oxygen atoms in total. The maximum atomic E-state index is 12.7. The van der Waals surface area contributed by atoms with Crippen molar-refractivity contribution in [1.29, 1.82) is 0 Å². The molecule has 0 saturated carbocycles. The summed E-state index contributed by atoms with van der Waals surface area (Å²) in [5.74, 6) is -1.45. The van der Waals surface area contributed by atoms with Gasteiger partial charge in [-0.25, -0.2) is 4.98 Å². The van der Waals surface area contributed by atoms with Gasteiger partial charge in [-0.3, -0.25) is 9.59 Å². The van der Waals surface area contributed by atoms with Gasteiger partial charge in [-0.05, 0) is 54.5 Å². The molecule has 0 fully saturated rings. The number of aliphatic hydroxyl groups excluding tert-OH is 2. The summed E-state index contributed by atoms with van der Waals surface area (Å²) in [7, 11) is 1.44. The molecule has 3 aromatic rings. The molecule has 2 heterocycles. The number of Topliss-reactive ketones (excluding diaryl/α,β-unsaturated/α-hetero) is 2. The fraction of sp³-hybridized carbons (Fsp3) is 0.469. The van der Waals surface area contributed by atoms with Gasteiger partial charge in [0.15, 0.2) is 29.2 Å². The van der Waals surface area contributed by atoms with Crippen molar-refractivity contribution in [3.05, 3.63) is 71.2 Å². The number of methoxy groups -OCH3 is 1. The van der Waals surface area contributed by atoms with Gasteiger partial charge >= 0.3 is 0 Å². The van der Waals surface area contributed by atoms with Gasteiger partial charge < -0.3 is 30.8 Å². The predicted molar refractivity (Wildman–Crippen MR) is 157 cm³/mol. The number of anilines is 1. The lowest BCUT2D eigenvalue weighted by molar-refractivity contribution is -0.138. The molecule has 5 N–H and O–H groups in total. The van der Waals surface area contributed by atoms with Crippen molar-refractivity contribution in [2.75, 3.05) is 19.5 Å². The van der Waals surface area contributed by atoms with Crippen LogP contribution >= 0.6 is 0 Å². The molecule has 1 aromatic carbocycles. The lowest BCUT2D eigenvalue weighted by Crippen LogP contribution is -2.30. The number of nitrogen functional groups attached to an aromatic ring is 1. The molecule has 41 heavy (non-hydrogen) atoms. The minimum atomic E-state index is -1.64. The van der Waals surface area contributed by atoms with Gasteiger partial charge in [0, 0.05) is 37.1 Å². The molecule has 0 unspecified atom stereocenters. The number of pyridine rings is 1. The molecule has 0 amide bonds. The van der Waals surface area contributed by atoms with Crippen molar-refractivity contribution >= 4 is 17.4 Å². The zero-order valence-electron chi connectivity index (χ0n) is 24.0. The summed E-state index contributed by atoms with van der Waals surface area (Å²) in [6, 6.07) is 10.6. The zero-order chi connectivity index (χ0) is 29.8. The number of aryl methyl sites for hydroxylation is 1. The van der Waals surface area contributed by atoms with E-state index < -0.39 is 23.6 Å². The molecule has 222 valence electrons. The van der Waals surface area contributed by atoms with Crippen molar-refractivity contribution in [2.45, 2.75) is 76.7 Å². The number of phenolic OH excluding ortho intramolecular Hbond substituents is 1. The molecular formula is C32H42N3O6-. The number of aromatic nitrogens is 2. The largest absolute Gasteiger partial charge is 0.668 e. The summed E-state index contributed by atoms with van der Waals surface area (Å²) >= 11 is 0. The maximum absolute atomic E-state index is 12.7. The molecule has 9 heteroatoms. The molecule has 3 rings (SSSR count). The topological polar surface area (TPSA) is 157 Å². The Balaban J connectivity index is 1.85. The van der Waals surface area contributed by atoms with E-state index in [0.717, 1.165) is 36.9 Å². The normalized spacial score (nSPS) is 13.5. The van der Waals surface area contributed by atoms with E-state index in [1.165, 1.54) is 7.11 Å². The van der Waals surface area contributed by atoms with Gasteiger partial charge in [-0.1, -0.05) is 50.8 Å². The quantitative estimate of drug-likeness (QED) is 0.132. The minimum Gasteiger partial charge on any atom is -0.668 e. The first-order valence-electron chi connectivity index (χ1n) is 14.3. The van der Waals surface area contributed by atoms with Crippen LogP contribution in [-0.2, 0) is 22.4 Å². The van der Waals surface area contributed by atoms with Crippen LogP contribution in [0.15, 0.2) is 48.8 Å². The van der Waals surface area contributed by atoms with Crippen LogP contribution in [0.5, 0.6) is 11.5 Å². The Hall–Kier alpha value is -3.69. The van der Waals surface area contributed by atoms with Crippen LogP contribution in [0.2, 0.25) is 0 Å². The second-order valence-corrected chi connectivity index (χ2v) is 10.5. The summed E-state index contributed by atoms with van der Waals surface area (Å²) in [6.07, 6.45) is 7.22. The van der Waals surface area contributed by atoms with E-state index in [2.05, 4.69) is 16.9 Å². The summed E-state index contributed by atoms with van der Waals surface area (Å²) in [5, 5.41) is 32.1. The summed E-state index contributed by atoms with van der Waals surface area (Å²) in [4.78, 5) is 33.5. The van der Waals surface area contributed by atoms with Gasteiger partial charge in [-0.15, -0.1) is 0 Å². The lowest BCUT2D eigenvalue weighted by Gasteiger charge is -2.29. The highest BCUT2D eigenvalue weighted by molar-refractivity contribution is 6.05. The Kier molecular flexibility index (Phi) is 12.4. The van der Waals surface area contributed by atoms with Crippen LogP contribution in [0, 0.1) is 5.92 Å². The number of nitrogens with two attached hydrogens (primary N) is 1. The standard InChI is InChI=1S/C32H42N3O6/c1-3-4-5-6-7-10-26(37)32(40)27(38)12-11-21-16-25(31(39)28(17-21)41-2)30(22-13-15-35-29(33)19-22)23(20-36)18-24-9-8-14-34-24/h8-9,13-17,19,23,30,32,36,39-40H,3-7,10-12,18,20H2,1-2H3,(H2,33,35)/q-1/t23-,30-,32-/m0/s1. The molecular weight excluding hydrogens is 522 g/mol. The minimum absolute atomic E-state index is 0.0517. The van der Waals surface area contributed by atoms with E-state index >= 15 is 0 Å². The molecule has 0 spiro atoms. The fourth-order valence-electron chi connectivity index (χ4n) is 5.23. The molecule has 3 atom stereocenters. The average molecular weight is 565 g/mol. The third kappa shape index (κ3) is 8.90. The molecule has 0 bridgehead atoms. The van der Waals surface area contributed by atoms with Crippen LogP contribution in [0.3, 0.4) is 0 Å². The number of ether oxygens (including phenoxy) is 1. The molecule has 0 aliphatic carbocycles. The Morgan fingerprint density at radius 1 is 1.07 bits per heavy atom. The van der Waals surface area contributed by atoms with Gasteiger partial charge in [0.1, 0.15) is 5.82 Å². The summed E-state index contributed by atoms with van der Waals surface area (Å²) in [6.45, 7) is 1.92. The second-order valence-electron chi connectivity index (χ2n) is 10.5. The lowest BCUT2D eigenvalue weighted by atomic mass is 9.78. The smallest absolute Gasteiger partial charge is 0.170 e. The van der Waals surface area contributed by atoms with Gasteiger partial charge in [0.2, 0.25) is 0 Å². The number of aliphatic hydroxyl groups is 2.